The van der Waals surface area contributed by atoms with Crippen LogP contribution in [-0.2, 0) is 9.47 Å². The van der Waals surface area contributed by atoms with Crippen LogP contribution in [0.25, 0.3) is 0 Å². The number of carbonyl (C=O) groups excluding carboxylic acids is 2. The van der Waals surface area contributed by atoms with Crippen LogP contribution >= 0.6 is 0 Å². The maximum atomic E-state index is 11.7. The average molecular weight is 252 g/mol. The van der Waals surface area contributed by atoms with Crippen LogP contribution < -0.4 is 5.73 Å². The van der Waals surface area contributed by atoms with Crippen molar-refractivity contribution < 1.29 is 19.1 Å². The van der Waals surface area contributed by atoms with E-state index in [9.17, 15) is 9.59 Å². The second kappa shape index (κ2) is 5.03. The molecule has 0 amide bonds. The van der Waals surface area contributed by atoms with Crippen LogP contribution in [0.3, 0.4) is 0 Å². The van der Waals surface area contributed by atoms with Gasteiger partial charge in [0.05, 0.1) is 18.4 Å². The maximum absolute atomic E-state index is 11.7. The number of aromatic nitrogens is 1. The molecule has 0 spiro atoms. The van der Waals surface area contributed by atoms with Gasteiger partial charge in [-0.2, -0.15) is 0 Å². The Morgan fingerprint density at radius 1 is 1.28 bits per heavy atom. The van der Waals surface area contributed by atoms with Gasteiger partial charge in [-0.05, 0) is 26.8 Å². The lowest BCUT2D eigenvalue weighted by molar-refractivity contribution is 0.00686. The predicted octanol–water partition coefficient (Wildman–Crippen LogP) is 1.41. The van der Waals surface area contributed by atoms with E-state index in [0.29, 0.717) is 0 Å². The number of nitrogen functional groups attached to an aromatic ring is 1. The number of hydrogen-bond donors (Lipinski definition) is 1. The van der Waals surface area contributed by atoms with Crippen molar-refractivity contribution in [2.75, 3.05) is 12.8 Å². The van der Waals surface area contributed by atoms with E-state index in [1.807, 2.05) is 0 Å². The Morgan fingerprint density at radius 3 is 2.33 bits per heavy atom. The summed E-state index contributed by atoms with van der Waals surface area (Å²) in [4.78, 5) is 26.8. The number of anilines is 1. The highest BCUT2D eigenvalue weighted by Gasteiger charge is 2.20. The topological polar surface area (TPSA) is 91.5 Å². The number of rotatable bonds is 2. The SMILES string of the molecule is COC(=O)c1ncc(C(=O)OC(C)(C)C)cc1N. The lowest BCUT2D eigenvalue weighted by atomic mass is 10.2. The number of nitrogens with zero attached hydrogens (tertiary/aromatic N) is 1. The minimum Gasteiger partial charge on any atom is -0.464 e. The van der Waals surface area contributed by atoms with Crippen LogP contribution in [0.5, 0.6) is 0 Å². The summed E-state index contributed by atoms with van der Waals surface area (Å²) >= 11 is 0. The molecule has 18 heavy (non-hydrogen) atoms. The number of carbonyl (C=O) groups is 2. The number of methoxy groups -OCH3 is 1. The summed E-state index contributed by atoms with van der Waals surface area (Å²) in [6, 6.07) is 1.34. The highest BCUT2D eigenvalue weighted by molar-refractivity contribution is 5.96. The fourth-order valence-electron chi connectivity index (χ4n) is 1.20. The summed E-state index contributed by atoms with van der Waals surface area (Å²) in [6.07, 6.45) is 1.23. The normalized spacial score (nSPS) is 10.9. The molecule has 98 valence electrons. The summed E-state index contributed by atoms with van der Waals surface area (Å²) in [5, 5.41) is 0. The summed E-state index contributed by atoms with van der Waals surface area (Å²) in [6.45, 7) is 5.26. The molecular formula is C12H16N2O4. The molecule has 0 saturated carbocycles. The maximum Gasteiger partial charge on any atom is 0.358 e. The minimum atomic E-state index is -0.650. The van der Waals surface area contributed by atoms with Crippen LogP contribution in [0.2, 0.25) is 0 Å². The number of esters is 2. The zero-order valence-electron chi connectivity index (χ0n) is 10.8. The van der Waals surface area contributed by atoms with E-state index >= 15 is 0 Å². The van der Waals surface area contributed by atoms with Crippen LogP contribution in [0, 0.1) is 0 Å². The zero-order valence-corrected chi connectivity index (χ0v) is 10.8. The highest BCUT2D eigenvalue weighted by atomic mass is 16.6. The number of ether oxygens (including phenoxy) is 2. The third-order valence-electron chi connectivity index (χ3n) is 1.93. The van der Waals surface area contributed by atoms with E-state index in [2.05, 4.69) is 9.72 Å². The van der Waals surface area contributed by atoms with E-state index in [4.69, 9.17) is 10.5 Å². The number of hydrogen-bond acceptors (Lipinski definition) is 6. The second-order valence-electron chi connectivity index (χ2n) is 4.66. The van der Waals surface area contributed by atoms with E-state index in [0.717, 1.165) is 0 Å². The monoisotopic (exact) mass is 252 g/mol. The summed E-state index contributed by atoms with van der Waals surface area (Å²) in [5.41, 5.74) is 5.26. The fourth-order valence-corrected chi connectivity index (χ4v) is 1.20. The van der Waals surface area contributed by atoms with Crippen molar-refractivity contribution in [2.45, 2.75) is 26.4 Å². The third-order valence-corrected chi connectivity index (χ3v) is 1.93. The smallest absolute Gasteiger partial charge is 0.358 e. The van der Waals surface area contributed by atoms with Crippen LogP contribution in [0.4, 0.5) is 5.69 Å². The molecule has 0 aliphatic heterocycles. The average Bonchev–Trinajstić information content (AvgIpc) is 2.25. The van der Waals surface area contributed by atoms with Crippen LogP contribution in [0.15, 0.2) is 12.3 Å². The lowest BCUT2D eigenvalue weighted by Crippen LogP contribution is -2.24. The molecule has 0 aliphatic rings. The lowest BCUT2D eigenvalue weighted by Gasteiger charge is -2.19. The highest BCUT2D eigenvalue weighted by Crippen LogP contribution is 2.16. The van der Waals surface area contributed by atoms with Crippen LogP contribution in [-0.4, -0.2) is 29.6 Å². The van der Waals surface area contributed by atoms with Gasteiger partial charge in [-0.25, -0.2) is 14.6 Å². The van der Waals surface area contributed by atoms with Crippen molar-refractivity contribution in [3.05, 3.63) is 23.5 Å². The fraction of sp³-hybridized carbons (Fsp3) is 0.417. The first kappa shape index (κ1) is 14.0. The molecular weight excluding hydrogens is 236 g/mol. The minimum absolute atomic E-state index is 0.0233. The van der Waals surface area contributed by atoms with Crippen LogP contribution in [0.1, 0.15) is 41.6 Å². The third kappa shape index (κ3) is 3.44. The van der Waals surface area contributed by atoms with Gasteiger partial charge in [-0.15, -0.1) is 0 Å². The van der Waals surface area contributed by atoms with E-state index in [1.54, 1.807) is 20.8 Å². The molecule has 0 radical (unpaired) electrons. The molecule has 0 unspecified atom stereocenters. The molecule has 1 heterocycles. The molecule has 6 nitrogen and oxygen atoms in total. The van der Waals surface area contributed by atoms with Crippen molar-refractivity contribution in [3.8, 4) is 0 Å². The quantitative estimate of drug-likeness (QED) is 0.800. The van der Waals surface area contributed by atoms with Crippen molar-refractivity contribution in [1.82, 2.24) is 4.98 Å². The van der Waals surface area contributed by atoms with Crippen molar-refractivity contribution in [1.29, 1.82) is 0 Å². The Balaban J connectivity index is 2.98. The molecule has 0 bridgehead atoms. The van der Waals surface area contributed by atoms with Gasteiger partial charge in [0.2, 0.25) is 0 Å². The molecule has 1 rings (SSSR count). The van der Waals surface area contributed by atoms with Gasteiger partial charge >= 0.3 is 11.9 Å². The molecule has 6 heteroatoms. The first-order valence-electron chi connectivity index (χ1n) is 5.32. The van der Waals surface area contributed by atoms with Gasteiger partial charge in [-0.1, -0.05) is 0 Å². The molecule has 0 aromatic carbocycles. The largest absolute Gasteiger partial charge is 0.464 e. The molecule has 0 fully saturated rings. The Kier molecular flexibility index (Phi) is 3.90. The summed E-state index contributed by atoms with van der Waals surface area (Å²) in [5.74, 6) is -1.19. The van der Waals surface area contributed by atoms with E-state index in [1.165, 1.54) is 19.4 Å². The number of pyridine rings is 1. The Labute approximate surface area is 105 Å². The molecule has 1 aromatic heterocycles. The predicted molar refractivity (Wildman–Crippen MR) is 65.2 cm³/mol. The van der Waals surface area contributed by atoms with Crippen molar-refractivity contribution in [2.24, 2.45) is 0 Å². The Hall–Kier alpha value is -2.11. The Morgan fingerprint density at radius 2 is 1.89 bits per heavy atom. The van der Waals surface area contributed by atoms with Gasteiger partial charge in [0.25, 0.3) is 0 Å². The van der Waals surface area contributed by atoms with Gasteiger partial charge in [0.1, 0.15) is 5.60 Å². The van der Waals surface area contributed by atoms with E-state index in [-0.39, 0.29) is 16.9 Å². The molecule has 0 aliphatic carbocycles. The second-order valence-corrected chi connectivity index (χ2v) is 4.66. The summed E-state index contributed by atoms with van der Waals surface area (Å²) in [7, 11) is 1.23. The molecule has 0 atom stereocenters. The molecule has 0 saturated heterocycles. The number of nitrogens with two attached hydrogens (primary N) is 1. The summed E-state index contributed by atoms with van der Waals surface area (Å²) < 4.78 is 9.66. The van der Waals surface area contributed by atoms with Gasteiger partial charge in [0.15, 0.2) is 5.69 Å². The Bertz CT molecular complexity index is 477. The van der Waals surface area contributed by atoms with Crippen molar-refractivity contribution in [3.63, 3.8) is 0 Å². The van der Waals surface area contributed by atoms with Gasteiger partial charge < -0.3 is 15.2 Å². The molecule has 1 aromatic rings. The van der Waals surface area contributed by atoms with Gasteiger partial charge in [0, 0.05) is 6.20 Å². The zero-order chi connectivity index (χ0) is 13.9. The van der Waals surface area contributed by atoms with Crippen molar-refractivity contribution >= 4 is 17.6 Å². The van der Waals surface area contributed by atoms with E-state index < -0.39 is 17.5 Å². The first-order valence-corrected chi connectivity index (χ1v) is 5.32. The standard InChI is InChI=1S/C12H16N2O4/c1-12(2,3)18-10(15)7-5-8(13)9(14-6-7)11(16)17-4/h5-6H,13H2,1-4H3. The molecule has 2 N–H and O–H groups in total. The van der Waals surface area contributed by atoms with Gasteiger partial charge in [-0.3, -0.25) is 0 Å². The first-order chi connectivity index (χ1) is 8.24.